The Bertz CT molecular complexity index is 471. The number of quaternary nitrogens is 1. The second kappa shape index (κ2) is 8.09. The van der Waals surface area contributed by atoms with E-state index in [1.165, 1.54) is 0 Å². The van der Waals surface area contributed by atoms with Gasteiger partial charge in [-0.15, -0.1) is 0 Å². The van der Waals surface area contributed by atoms with E-state index >= 15 is 0 Å². The first-order valence-corrected chi connectivity index (χ1v) is 7.59. The summed E-state index contributed by atoms with van der Waals surface area (Å²) in [6, 6.07) is 0. The van der Waals surface area contributed by atoms with Crippen LogP contribution in [-0.4, -0.2) is 51.4 Å². The molecule has 1 rings (SSSR count). The molecular weight excluding hydrogens is 262 g/mol. The lowest BCUT2D eigenvalue weighted by Crippen LogP contribution is -2.27. The van der Waals surface area contributed by atoms with Gasteiger partial charge in [-0.2, -0.15) is 0 Å². The molecule has 0 saturated heterocycles. The van der Waals surface area contributed by atoms with Crippen molar-refractivity contribution in [2.24, 2.45) is 0 Å². The van der Waals surface area contributed by atoms with Crippen molar-refractivity contribution in [3.63, 3.8) is 0 Å². The summed E-state index contributed by atoms with van der Waals surface area (Å²) in [5.74, 6) is -0.347. The Labute approximate surface area is 116 Å². The molecule has 0 bridgehead atoms. The first-order valence-electron chi connectivity index (χ1n) is 6.01. The summed E-state index contributed by atoms with van der Waals surface area (Å²) in [4.78, 5) is 0. The fraction of sp³-hybridized carbons (Fsp3) is 0.429. The van der Waals surface area contributed by atoms with E-state index in [0.717, 1.165) is 10.1 Å². The minimum absolute atomic E-state index is 0.264. The summed E-state index contributed by atoms with van der Waals surface area (Å²) in [6.07, 6.45) is 13.0. The molecule has 1 aliphatic carbocycles. The van der Waals surface area contributed by atoms with Crippen LogP contribution in [0.5, 0.6) is 0 Å². The second-order valence-corrected chi connectivity index (χ2v) is 7.09. The first-order chi connectivity index (χ1) is 8.58. The molecule has 5 heteroatoms. The molecule has 0 atom stereocenters. The lowest BCUT2D eigenvalue weighted by Gasteiger charge is -2.14. The Morgan fingerprint density at radius 2 is 1.47 bits per heavy atom. The van der Waals surface area contributed by atoms with Gasteiger partial charge in [0.25, 0.3) is 0 Å². The van der Waals surface area contributed by atoms with E-state index in [1.807, 2.05) is 30.4 Å². The van der Waals surface area contributed by atoms with E-state index in [2.05, 4.69) is 28.2 Å². The highest BCUT2D eigenvalue weighted by Crippen LogP contribution is 2.07. The molecule has 108 valence electrons. The number of hydrogen-bond donors (Lipinski definition) is 0. The molecule has 0 aromatic rings. The van der Waals surface area contributed by atoms with Gasteiger partial charge in [0.1, 0.15) is 0 Å². The van der Waals surface area contributed by atoms with Gasteiger partial charge in [0, 0.05) is 5.75 Å². The van der Waals surface area contributed by atoms with Crippen molar-refractivity contribution in [2.75, 3.05) is 33.9 Å². The Morgan fingerprint density at radius 1 is 1.00 bits per heavy atom. The molecule has 0 N–H and O–H groups in total. The van der Waals surface area contributed by atoms with E-state index in [1.54, 1.807) is 12.2 Å². The minimum atomic E-state index is -4.11. The van der Waals surface area contributed by atoms with Crippen LogP contribution in [0.4, 0.5) is 0 Å². The molecule has 0 aromatic heterocycles. The minimum Gasteiger partial charge on any atom is -0.748 e. The fourth-order valence-corrected chi connectivity index (χ4v) is 1.50. The molecule has 0 amide bonds. The second-order valence-electron chi connectivity index (χ2n) is 5.57. The maximum absolute atomic E-state index is 10.4. The quantitative estimate of drug-likeness (QED) is 0.587. The molecule has 0 aromatic carbocycles. The standard InChI is InChI=1S/C10H12O3S.C4H12N/c11-14(12,13)9-8-10-6-4-2-1-3-5-7-10;1-5(2,3)4/h1-7H,8-9H2,(H,11,12,13);1-4H3/q;+1/p-1/b2-1-,3-1?,4-2?,5-3-,6-4-,7-5?,10-6?,10-7+;. The van der Waals surface area contributed by atoms with Crippen molar-refractivity contribution in [1.82, 2.24) is 0 Å². The first kappa shape index (κ1) is 17.8. The van der Waals surface area contributed by atoms with Gasteiger partial charge in [0.2, 0.25) is 0 Å². The van der Waals surface area contributed by atoms with Gasteiger partial charge in [-0.3, -0.25) is 0 Å². The van der Waals surface area contributed by atoms with Crippen LogP contribution in [0.15, 0.2) is 48.1 Å². The predicted octanol–water partition coefficient (Wildman–Crippen LogP) is 1.85. The monoisotopic (exact) mass is 285 g/mol. The molecule has 4 nitrogen and oxygen atoms in total. The van der Waals surface area contributed by atoms with Gasteiger partial charge in [-0.25, -0.2) is 8.42 Å². The number of nitrogens with zero attached hydrogens (tertiary/aromatic N) is 1. The maximum Gasteiger partial charge on any atom is 0.0949 e. The van der Waals surface area contributed by atoms with Crippen molar-refractivity contribution >= 4 is 10.1 Å². The van der Waals surface area contributed by atoms with Gasteiger partial charge in [0.15, 0.2) is 0 Å². The highest BCUT2D eigenvalue weighted by Gasteiger charge is 1.97. The Hall–Kier alpha value is -1.17. The number of allylic oxidation sites excluding steroid dienone is 8. The highest BCUT2D eigenvalue weighted by atomic mass is 32.2. The van der Waals surface area contributed by atoms with Crippen LogP contribution in [0.3, 0.4) is 0 Å². The van der Waals surface area contributed by atoms with E-state index in [0.29, 0.717) is 0 Å². The zero-order valence-electron chi connectivity index (χ0n) is 12.0. The van der Waals surface area contributed by atoms with Crippen LogP contribution in [0.1, 0.15) is 6.42 Å². The summed E-state index contributed by atoms with van der Waals surface area (Å²) in [7, 11) is 4.39. The SMILES string of the molecule is C[N+](C)(C)C.O=S(=O)([O-])CCC1=C/C=C\C=C/C=C\1. The highest BCUT2D eigenvalue weighted by molar-refractivity contribution is 7.85. The summed E-state index contributed by atoms with van der Waals surface area (Å²) in [5.41, 5.74) is 0.838. The van der Waals surface area contributed by atoms with E-state index in [4.69, 9.17) is 0 Å². The van der Waals surface area contributed by atoms with Crippen LogP contribution in [0.2, 0.25) is 0 Å². The third kappa shape index (κ3) is 16.8. The third-order valence-corrected chi connectivity index (χ3v) is 2.41. The molecule has 0 heterocycles. The van der Waals surface area contributed by atoms with Gasteiger partial charge in [0.05, 0.1) is 38.3 Å². The van der Waals surface area contributed by atoms with Gasteiger partial charge >= 0.3 is 0 Å². The normalized spacial score (nSPS) is 22.9. The Kier molecular flexibility index (Phi) is 7.59. The summed E-state index contributed by atoms with van der Waals surface area (Å²) in [5, 5.41) is 0. The van der Waals surface area contributed by atoms with Crippen LogP contribution in [0.25, 0.3) is 0 Å². The van der Waals surface area contributed by atoms with Gasteiger partial charge < -0.3 is 9.04 Å². The van der Waals surface area contributed by atoms with E-state index in [9.17, 15) is 13.0 Å². The molecule has 19 heavy (non-hydrogen) atoms. The van der Waals surface area contributed by atoms with Crippen molar-refractivity contribution in [2.45, 2.75) is 6.42 Å². The van der Waals surface area contributed by atoms with Crippen LogP contribution in [0, 0.1) is 0 Å². The van der Waals surface area contributed by atoms with Crippen molar-refractivity contribution in [3.8, 4) is 0 Å². The van der Waals surface area contributed by atoms with E-state index in [-0.39, 0.29) is 12.2 Å². The average molecular weight is 285 g/mol. The third-order valence-electron chi connectivity index (χ3n) is 1.71. The average Bonchev–Trinajstić information content (AvgIpc) is 2.11. The molecule has 0 spiro atoms. The molecule has 1 aliphatic rings. The molecule has 0 unspecified atom stereocenters. The molecule has 0 aliphatic heterocycles. The summed E-state index contributed by atoms with van der Waals surface area (Å²) < 4.78 is 32.2. The smallest absolute Gasteiger partial charge is 0.0949 e. The Balaban J connectivity index is 0.000000555. The lowest BCUT2D eigenvalue weighted by atomic mass is 10.1. The Morgan fingerprint density at radius 3 is 2.00 bits per heavy atom. The number of rotatable bonds is 3. The van der Waals surface area contributed by atoms with Crippen molar-refractivity contribution in [1.29, 1.82) is 0 Å². The largest absolute Gasteiger partial charge is 0.748 e. The van der Waals surface area contributed by atoms with Gasteiger partial charge in [-0.1, -0.05) is 42.5 Å². The van der Waals surface area contributed by atoms with Gasteiger partial charge in [-0.05, 0) is 12.0 Å². The molecule has 0 fully saturated rings. The number of hydrogen-bond acceptors (Lipinski definition) is 3. The summed E-state index contributed by atoms with van der Waals surface area (Å²) in [6.45, 7) is 0. The van der Waals surface area contributed by atoms with E-state index < -0.39 is 10.1 Å². The molecule has 0 saturated carbocycles. The summed E-state index contributed by atoms with van der Waals surface area (Å²) >= 11 is 0. The van der Waals surface area contributed by atoms with Crippen molar-refractivity contribution < 1.29 is 17.5 Å². The van der Waals surface area contributed by atoms with Crippen LogP contribution in [-0.2, 0) is 10.1 Å². The lowest BCUT2D eigenvalue weighted by molar-refractivity contribution is -0.849. The fourth-order valence-electron chi connectivity index (χ4n) is 1.02. The topological polar surface area (TPSA) is 57.2 Å². The zero-order valence-corrected chi connectivity index (χ0v) is 12.9. The predicted molar refractivity (Wildman–Crippen MR) is 78.6 cm³/mol. The van der Waals surface area contributed by atoms with Crippen LogP contribution >= 0.6 is 0 Å². The molecule has 0 radical (unpaired) electrons. The maximum atomic E-state index is 10.4. The zero-order chi connectivity index (χ0) is 14.9. The molecular formula is C14H23NO3S. The van der Waals surface area contributed by atoms with Crippen LogP contribution < -0.4 is 0 Å². The van der Waals surface area contributed by atoms with Crippen molar-refractivity contribution in [3.05, 3.63) is 48.1 Å².